The third kappa shape index (κ3) is 9.06. The molecule has 0 aliphatic carbocycles. The van der Waals surface area contributed by atoms with Crippen molar-refractivity contribution in [2.24, 2.45) is 0 Å². The van der Waals surface area contributed by atoms with Crippen LogP contribution in [0.5, 0.6) is 0 Å². The number of aromatic nitrogens is 4. The van der Waals surface area contributed by atoms with Gasteiger partial charge in [0.2, 0.25) is 0 Å². The van der Waals surface area contributed by atoms with E-state index in [1.807, 2.05) is 0 Å². The minimum Gasteiger partial charge on any atom is -0.657 e. The molecule has 0 unspecified atom stereocenters. The average molecular weight is 956 g/mol. The van der Waals surface area contributed by atoms with Gasteiger partial charge in [-0.15, -0.1) is 22.1 Å². The summed E-state index contributed by atoms with van der Waals surface area (Å²) in [7, 11) is -18.2. The third-order valence-electron chi connectivity index (χ3n) is 10.4. The maximum atomic E-state index is 12.0. The Hall–Kier alpha value is -5.88. The van der Waals surface area contributed by atoms with Gasteiger partial charge < -0.3 is 9.97 Å². The van der Waals surface area contributed by atoms with E-state index < -0.39 is 40.5 Å². The maximum absolute atomic E-state index is 12.0. The molecule has 5 heterocycles. The molecule has 4 aromatic carbocycles. The minimum atomic E-state index is -4.56. The van der Waals surface area contributed by atoms with Gasteiger partial charge in [0.25, 0.3) is 40.5 Å². The Morgan fingerprint density at radius 2 is 0.492 bits per heavy atom. The van der Waals surface area contributed by atoms with Gasteiger partial charge in [-0.25, -0.2) is 9.97 Å². The zero-order chi connectivity index (χ0) is 45.3. The number of hydrogen-bond acceptors (Lipinski definition) is 10. The molecule has 7 aromatic rings. The van der Waals surface area contributed by atoms with Gasteiger partial charge in [0.15, 0.2) is 0 Å². The monoisotopic (exact) mass is 955 g/mol. The van der Waals surface area contributed by atoms with E-state index in [1.165, 1.54) is 97.1 Å². The fraction of sp³-hybridized carbons (Fsp3) is 0. The van der Waals surface area contributed by atoms with Crippen LogP contribution in [0.1, 0.15) is 22.8 Å². The standard InChI is InChI=1S/C44H28N4O12S4.Na/c49-61(50,51)29-9-1-25(2-10-29)41-33-17-19-35(45-33)42(26-3-11-30(12-4-26)62(52,53)54)37-21-23-39(47-37)44(28-7-15-32(16-8-28)64(58,59)60)40-24-22-38(48-40)43(36-20-18-34(41)46-36)27-5-13-31(14-6-27)63(55,56)57;/h1-24H,(H,49,50,51)(H,52,53,54)(H,55,56,57)(H,58,59,60);/q-2;+1. The molecule has 2 aliphatic heterocycles. The summed E-state index contributed by atoms with van der Waals surface area (Å²) < 4.78 is 135. The zero-order valence-electron chi connectivity index (χ0n) is 33.3. The van der Waals surface area contributed by atoms with Crippen molar-refractivity contribution in [2.75, 3.05) is 0 Å². The van der Waals surface area contributed by atoms with Crippen LogP contribution in [-0.4, -0.2) is 61.9 Å². The van der Waals surface area contributed by atoms with E-state index in [4.69, 9.17) is 19.9 Å². The molecule has 65 heavy (non-hydrogen) atoms. The molecule has 4 N–H and O–H groups in total. The van der Waals surface area contributed by atoms with Gasteiger partial charge in [-0.05, 0) is 117 Å². The molecule has 21 heteroatoms. The Morgan fingerprint density at radius 3 is 0.662 bits per heavy atom. The quantitative estimate of drug-likeness (QED) is 0.120. The number of nitrogens with zero attached hydrogens (tertiary/aromatic N) is 4. The van der Waals surface area contributed by atoms with Crippen molar-refractivity contribution in [1.29, 1.82) is 0 Å². The normalized spacial score (nSPS) is 12.9. The topological polar surface area (TPSA) is 271 Å². The van der Waals surface area contributed by atoms with Crippen LogP contribution >= 0.6 is 0 Å². The molecule has 0 saturated heterocycles. The Bertz CT molecular complexity index is 3300. The van der Waals surface area contributed by atoms with Crippen LogP contribution in [0, 0.1) is 0 Å². The predicted octanol–water partition coefficient (Wildman–Crippen LogP) is 4.57. The molecule has 9 rings (SSSR count). The summed E-state index contributed by atoms with van der Waals surface area (Å²) in [6, 6.07) is 28.4. The minimum absolute atomic E-state index is 0. The van der Waals surface area contributed by atoms with Crippen molar-refractivity contribution in [3.05, 3.63) is 144 Å². The van der Waals surface area contributed by atoms with Gasteiger partial charge >= 0.3 is 29.6 Å². The van der Waals surface area contributed by atoms with E-state index in [0.29, 0.717) is 89.4 Å². The van der Waals surface area contributed by atoms with Crippen molar-refractivity contribution in [3.63, 3.8) is 0 Å². The first-order chi connectivity index (χ1) is 30.2. The summed E-state index contributed by atoms with van der Waals surface area (Å²) in [6.07, 6.45) is 6.79. The van der Waals surface area contributed by atoms with Gasteiger partial charge in [0, 0.05) is 0 Å². The van der Waals surface area contributed by atoms with Crippen LogP contribution in [0.4, 0.5) is 0 Å². The number of benzene rings is 4. The molecule has 2 aliphatic rings. The molecular formula is C44H28N4NaO12S4-. The predicted molar refractivity (Wildman–Crippen MR) is 238 cm³/mol. The molecule has 16 nitrogen and oxygen atoms in total. The molecule has 8 bridgehead atoms. The van der Waals surface area contributed by atoms with E-state index in [-0.39, 0.29) is 49.1 Å². The van der Waals surface area contributed by atoms with Gasteiger partial charge in [0.1, 0.15) is 0 Å². The molecule has 0 atom stereocenters. The molecule has 0 spiro atoms. The van der Waals surface area contributed by atoms with E-state index in [2.05, 4.69) is 0 Å². The molecular weight excluding hydrogens is 928 g/mol. The fourth-order valence-corrected chi connectivity index (χ4v) is 9.36. The van der Waals surface area contributed by atoms with Crippen molar-refractivity contribution in [1.82, 2.24) is 19.9 Å². The number of rotatable bonds is 8. The van der Waals surface area contributed by atoms with Crippen LogP contribution in [0.3, 0.4) is 0 Å². The molecule has 3 aromatic heterocycles. The Morgan fingerprint density at radius 1 is 0.308 bits per heavy atom. The second-order valence-electron chi connectivity index (χ2n) is 14.4. The zero-order valence-corrected chi connectivity index (χ0v) is 38.6. The molecule has 0 fully saturated rings. The molecule has 0 radical (unpaired) electrons. The van der Waals surface area contributed by atoms with Crippen molar-refractivity contribution >= 4 is 86.8 Å². The summed E-state index contributed by atoms with van der Waals surface area (Å²) in [5, 5.41) is 0. The third-order valence-corrected chi connectivity index (χ3v) is 13.8. The van der Waals surface area contributed by atoms with Crippen molar-refractivity contribution in [2.45, 2.75) is 19.6 Å². The van der Waals surface area contributed by atoms with Gasteiger partial charge in [0.05, 0.1) is 42.4 Å². The summed E-state index contributed by atoms with van der Waals surface area (Å²) in [6.45, 7) is 0. The first kappa shape index (κ1) is 45.7. The first-order valence-corrected chi connectivity index (χ1v) is 24.4. The van der Waals surface area contributed by atoms with Gasteiger partial charge in [-0.3, -0.25) is 18.2 Å². The Kier molecular flexibility index (Phi) is 11.8. The van der Waals surface area contributed by atoms with Crippen LogP contribution in [-0.2, 0) is 40.5 Å². The number of hydrogen-bond donors (Lipinski definition) is 4. The Balaban J connectivity index is 0.00000576. The van der Waals surface area contributed by atoms with Crippen LogP contribution < -0.4 is 39.5 Å². The van der Waals surface area contributed by atoms with Crippen LogP contribution in [0.15, 0.2) is 141 Å². The summed E-state index contributed by atoms with van der Waals surface area (Å²) in [5.74, 6) is 0. The fourth-order valence-electron chi connectivity index (χ4n) is 7.44. The maximum Gasteiger partial charge on any atom is 1.00 e. The van der Waals surface area contributed by atoms with Crippen LogP contribution in [0.2, 0.25) is 0 Å². The average Bonchev–Trinajstić information content (AvgIpc) is 4.08. The molecule has 0 saturated carbocycles. The van der Waals surface area contributed by atoms with Gasteiger partial charge in [-0.1, -0.05) is 72.8 Å². The van der Waals surface area contributed by atoms with E-state index in [1.54, 1.807) is 48.6 Å². The van der Waals surface area contributed by atoms with E-state index in [9.17, 15) is 51.9 Å². The first-order valence-electron chi connectivity index (χ1n) is 18.6. The summed E-state index contributed by atoms with van der Waals surface area (Å²) in [4.78, 5) is 18.7. The second-order valence-corrected chi connectivity index (χ2v) is 20.0. The second kappa shape index (κ2) is 16.8. The van der Waals surface area contributed by atoms with E-state index >= 15 is 0 Å². The molecule has 322 valence electrons. The largest absolute Gasteiger partial charge is 1.00 e. The summed E-state index contributed by atoms with van der Waals surface area (Å²) in [5.41, 5.74) is 6.28. The smallest absolute Gasteiger partial charge is 0.657 e. The summed E-state index contributed by atoms with van der Waals surface area (Å²) >= 11 is 0. The SMILES string of the molecule is O=S(=O)(O)c1ccc(-c2c3nc(c(-c4ccc(S(=O)(=O)O)cc4)c4ccc([n-]4)c(-c4ccc(S(=O)(=O)O)cc4)c4nc(c(-c5ccc(S(=O)(=O)O)cc5)c5ccc2[n-]5)C=C4)C=C3)cc1.[Na+]. The van der Waals surface area contributed by atoms with Gasteiger partial charge in [-0.2, -0.15) is 33.7 Å². The van der Waals surface area contributed by atoms with E-state index in [0.717, 1.165) is 0 Å². The van der Waals surface area contributed by atoms with Crippen LogP contribution in [0.25, 0.3) is 90.9 Å². The van der Waals surface area contributed by atoms with Crippen molar-refractivity contribution in [3.8, 4) is 44.5 Å². The Labute approximate surface area is 393 Å². The number of fused-ring (bicyclic) bond motifs is 8. The van der Waals surface area contributed by atoms with Crippen molar-refractivity contribution < 1.29 is 81.4 Å². The molecule has 0 amide bonds.